The highest BCUT2D eigenvalue weighted by Gasteiger charge is 2.03. The predicted molar refractivity (Wildman–Crippen MR) is 80.4 cm³/mol. The van der Waals surface area contributed by atoms with Crippen LogP contribution in [0.15, 0.2) is 66.8 Å². The summed E-state index contributed by atoms with van der Waals surface area (Å²) >= 11 is 0. The molecule has 0 fully saturated rings. The van der Waals surface area contributed by atoms with Gasteiger partial charge in [0.25, 0.3) is 0 Å². The van der Waals surface area contributed by atoms with Crippen LogP contribution in [0.4, 0.5) is 0 Å². The quantitative estimate of drug-likeness (QED) is 0.567. The summed E-state index contributed by atoms with van der Waals surface area (Å²) in [6, 6.07) is 7.82. The number of aliphatic imine (C=N–C) groups is 1. The second kappa shape index (κ2) is 8.99. The molecule has 0 aliphatic heterocycles. The van der Waals surface area contributed by atoms with Crippen molar-refractivity contribution in [2.24, 2.45) is 4.99 Å². The van der Waals surface area contributed by atoms with Gasteiger partial charge in [0.15, 0.2) is 0 Å². The van der Waals surface area contributed by atoms with E-state index < -0.39 is 0 Å². The highest BCUT2D eigenvalue weighted by Crippen LogP contribution is 2.18. The number of hydrogen-bond donors (Lipinski definition) is 0. The minimum absolute atomic E-state index is 0.799. The second-order valence-corrected chi connectivity index (χ2v) is 3.60. The van der Waals surface area contributed by atoms with Crippen LogP contribution in [0.5, 0.6) is 5.75 Å². The molecular formula is C16H21NO. The lowest BCUT2D eigenvalue weighted by Gasteiger charge is -2.07. The van der Waals surface area contributed by atoms with Gasteiger partial charge < -0.3 is 4.74 Å². The third kappa shape index (κ3) is 5.85. The van der Waals surface area contributed by atoms with Gasteiger partial charge in [0, 0.05) is 17.0 Å². The van der Waals surface area contributed by atoms with Gasteiger partial charge in [-0.15, -0.1) is 0 Å². The summed E-state index contributed by atoms with van der Waals surface area (Å²) < 4.78 is 5.24. The number of hydrogen-bond acceptors (Lipinski definition) is 2. The van der Waals surface area contributed by atoms with Crippen LogP contribution in [-0.4, -0.2) is 12.8 Å². The molecule has 1 rings (SSSR count). The van der Waals surface area contributed by atoms with E-state index >= 15 is 0 Å². The third-order valence-electron chi connectivity index (χ3n) is 2.02. The monoisotopic (exact) mass is 243 g/mol. The second-order valence-electron chi connectivity index (χ2n) is 3.60. The van der Waals surface area contributed by atoms with E-state index in [-0.39, 0.29) is 0 Å². The molecule has 0 unspecified atom stereocenters. The van der Waals surface area contributed by atoms with Crippen molar-refractivity contribution in [1.29, 1.82) is 0 Å². The van der Waals surface area contributed by atoms with Crippen molar-refractivity contribution in [3.8, 4) is 5.75 Å². The van der Waals surface area contributed by atoms with Crippen LogP contribution in [0, 0.1) is 0 Å². The summed E-state index contributed by atoms with van der Waals surface area (Å²) in [5.74, 6) is 0.843. The van der Waals surface area contributed by atoms with Gasteiger partial charge in [-0.3, -0.25) is 4.99 Å². The lowest BCUT2D eigenvalue weighted by Crippen LogP contribution is -1.98. The van der Waals surface area contributed by atoms with Crippen LogP contribution in [-0.2, 0) is 0 Å². The Morgan fingerprint density at radius 1 is 1.17 bits per heavy atom. The normalized spacial score (nSPS) is 9.83. The molecule has 0 heterocycles. The van der Waals surface area contributed by atoms with E-state index in [0.717, 1.165) is 22.7 Å². The molecule has 2 heteroatoms. The number of methoxy groups -OCH3 is 1. The molecule has 96 valence electrons. The van der Waals surface area contributed by atoms with Crippen LogP contribution < -0.4 is 4.74 Å². The van der Waals surface area contributed by atoms with Gasteiger partial charge in [-0.25, -0.2) is 0 Å². The van der Waals surface area contributed by atoms with Crippen molar-refractivity contribution in [3.63, 3.8) is 0 Å². The SMILES string of the molecule is C=C(C)N=C(C)c1ccccc1OC.C=CC=C. The largest absolute Gasteiger partial charge is 0.496 e. The Hall–Kier alpha value is -2.09. The summed E-state index contributed by atoms with van der Waals surface area (Å²) in [6.45, 7) is 14.3. The van der Waals surface area contributed by atoms with E-state index in [1.807, 2.05) is 38.1 Å². The Balaban J connectivity index is 0.000000631. The number of para-hydroxylation sites is 1. The molecule has 1 aromatic carbocycles. The number of allylic oxidation sites excluding steroid dienone is 3. The molecule has 0 aliphatic rings. The van der Waals surface area contributed by atoms with Gasteiger partial charge in [0.1, 0.15) is 5.75 Å². The standard InChI is InChI=1S/C12H15NO.C4H6/c1-9(2)13-10(3)11-7-5-6-8-12(11)14-4;1-3-4-2/h5-8H,1H2,2-4H3;3-4H,1-2H2. The highest BCUT2D eigenvalue weighted by molar-refractivity contribution is 6.01. The Morgan fingerprint density at radius 2 is 1.72 bits per heavy atom. The lowest BCUT2D eigenvalue weighted by molar-refractivity contribution is 0.414. The minimum Gasteiger partial charge on any atom is -0.496 e. The summed E-state index contributed by atoms with van der Waals surface area (Å²) in [5.41, 5.74) is 2.74. The fourth-order valence-electron chi connectivity index (χ4n) is 1.29. The van der Waals surface area contributed by atoms with Crippen molar-refractivity contribution < 1.29 is 4.74 Å². The number of rotatable bonds is 4. The van der Waals surface area contributed by atoms with Gasteiger partial charge in [-0.1, -0.05) is 44.0 Å². The number of nitrogens with zero attached hydrogens (tertiary/aromatic N) is 1. The van der Waals surface area contributed by atoms with Gasteiger partial charge in [0.05, 0.1) is 7.11 Å². The molecule has 1 aromatic rings. The van der Waals surface area contributed by atoms with Crippen LogP contribution in [0.1, 0.15) is 19.4 Å². The van der Waals surface area contributed by atoms with E-state index in [9.17, 15) is 0 Å². The Labute approximate surface area is 110 Å². The highest BCUT2D eigenvalue weighted by atomic mass is 16.5. The van der Waals surface area contributed by atoms with Crippen LogP contribution in [0.3, 0.4) is 0 Å². The zero-order valence-electron chi connectivity index (χ0n) is 11.4. The molecular weight excluding hydrogens is 222 g/mol. The molecule has 18 heavy (non-hydrogen) atoms. The molecule has 2 nitrogen and oxygen atoms in total. The maximum Gasteiger partial charge on any atom is 0.127 e. The van der Waals surface area contributed by atoms with E-state index in [0.29, 0.717) is 0 Å². The van der Waals surface area contributed by atoms with Crippen molar-refractivity contribution in [2.45, 2.75) is 13.8 Å². The first-order valence-electron chi connectivity index (χ1n) is 5.64. The summed E-state index contributed by atoms with van der Waals surface area (Å²) in [5, 5.41) is 0. The molecule has 0 aliphatic carbocycles. The zero-order valence-corrected chi connectivity index (χ0v) is 11.4. The average Bonchev–Trinajstić information content (AvgIpc) is 2.38. The number of ether oxygens (including phenoxy) is 1. The van der Waals surface area contributed by atoms with Gasteiger partial charge in [-0.05, 0) is 26.0 Å². The van der Waals surface area contributed by atoms with Crippen molar-refractivity contribution in [3.05, 3.63) is 67.4 Å². The smallest absolute Gasteiger partial charge is 0.127 e. The van der Waals surface area contributed by atoms with Crippen LogP contribution >= 0.6 is 0 Å². The van der Waals surface area contributed by atoms with Crippen molar-refractivity contribution in [2.75, 3.05) is 7.11 Å². The molecule has 0 spiro atoms. The first-order chi connectivity index (χ1) is 8.56. The topological polar surface area (TPSA) is 21.6 Å². The first kappa shape index (κ1) is 15.9. The molecule has 0 N–H and O–H groups in total. The van der Waals surface area contributed by atoms with Gasteiger partial charge in [0.2, 0.25) is 0 Å². The van der Waals surface area contributed by atoms with Crippen LogP contribution in [0.25, 0.3) is 0 Å². The van der Waals surface area contributed by atoms with Crippen LogP contribution in [0.2, 0.25) is 0 Å². The average molecular weight is 243 g/mol. The third-order valence-corrected chi connectivity index (χ3v) is 2.02. The Kier molecular flexibility index (Phi) is 7.95. The Morgan fingerprint density at radius 3 is 2.17 bits per heavy atom. The molecule has 0 bridgehead atoms. The van der Waals surface area contributed by atoms with E-state index in [4.69, 9.17) is 4.74 Å². The minimum atomic E-state index is 0.799. The first-order valence-corrected chi connectivity index (χ1v) is 5.64. The molecule has 0 atom stereocenters. The maximum atomic E-state index is 5.24. The zero-order chi connectivity index (χ0) is 14.0. The molecule has 0 saturated carbocycles. The summed E-state index contributed by atoms with van der Waals surface area (Å²) in [6.07, 6.45) is 3.28. The molecule has 0 aromatic heterocycles. The molecule has 0 saturated heterocycles. The predicted octanol–water partition coefficient (Wildman–Crippen LogP) is 4.40. The Bertz CT molecular complexity index is 438. The molecule has 0 radical (unpaired) electrons. The summed E-state index contributed by atoms with van der Waals surface area (Å²) in [7, 11) is 1.66. The lowest BCUT2D eigenvalue weighted by atomic mass is 10.1. The van der Waals surface area contributed by atoms with E-state index in [1.165, 1.54) is 0 Å². The fraction of sp³-hybridized carbons (Fsp3) is 0.188. The van der Waals surface area contributed by atoms with E-state index in [1.54, 1.807) is 19.3 Å². The van der Waals surface area contributed by atoms with E-state index in [2.05, 4.69) is 24.7 Å². The fourth-order valence-corrected chi connectivity index (χ4v) is 1.29. The van der Waals surface area contributed by atoms with Crippen molar-refractivity contribution in [1.82, 2.24) is 0 Å². The van der Waals surface area contributed by atoms with Gasteiger partial charge in [-0.2, -0.15) is 0 Å². The number of benzene rings is 1. The van der Waals surface area contributed by atoms with Crippen molar-refractivity contribution >= 4 is 5.71 Å². The molecule has 0 amide bonds. The van der Waals surface area contributed by atoms with Gasteiger partial charge >= 0.3 is 0 Å². The summed E-state index contributed by atoms with van der Waals surface area (Å²) in [4.78, 5) is 4.30. The maximum absolute atomic E-state index is 5.24.